The molecule has 6 nitrogen and oxygen atoms in total. The van der Waals surface area contributed by atoms with Crippen LogP contribution in [0.2, 0.25) is 0 Å². The molecule has 2 atom stereocenters. The molecule has 2 aromatic rings. The number of amides is 1. The van der Waals surface area contributed by atoms with Crippen molar-refractivity contribution in [1.82, 2.24) is 14.9 Å². The molecule has 0 aromatic carbocycles. The van der Waals surface area contributed by atoms with E-state index in [1.54, 1.807) is 18.5 Å². The standard InChI is InChI=1S/C20H23N3O3/c24-19(18-7-2-4-10-22-18)23-11-5-8-20(15-23)12-17(14-26-20)25-13-16-6-1-3-9-21-16/h1-4,6-7,9-10,17H,5,8,11-15H2/t17-,20-/m0/s1. The molecule has 2 aliphatic heterocycles. The van der Waals surface area contributed by atoms with Gasteiger partial charge in [0.25, 0.3) is 5.91 Å². The zero-order valence-electron chi connectivity index (χ0n) is 14.7. The first-order valence-corrected chi connectivity index (χ1v) is 9.10. The third-order valence-corrected chi connectivity index (χ3v) is 5.08. The van der Waals surface area contributed by atoms with Gasteiger partial charge in [0, 0.05) is 25.4 Å². The van der Waals surface area contributed by atoms with Gasteiger partial charge in [-0.2, -0.15) is 0 Å². The van der Waals surface area contributed by atoms with Crippen molar-refractivity contribution in [3.05, 3.63) is 60.2 Å². The molecule has 2 saturated heterocycles. The second-order valence-corrected chi connectivity index (χ2v) is 7.00. The minimum absolute atomic E-state index is 0.0221. The van der Waals surface area contributed by atoms with Crippen LogP contribution >= 0.6 is 0 Å². The van der Waals surface area contributed by atoms with Crippen LogP contribution in [0.5, 0.6) is 0 Å². The molecule has 6 heteroatoms. The number of hydrogen-bond donors (Lipinski definition) is 0. The third kappa shape index (κ3) is 3.76. The van der Waals surface area contributed by atoms with E-state index in [0.29, 0.717) is 25.5 Å². The fourth-order valence-corrected chi connectivity index (χ4v) is 3.80. The summed E-state index contributed by atoms with van der Waals surface area (Å²) >= 11 is 0. The first-order chi connectivity index (χ1) is 12.7. The predicted octanol–water partition coefficient (Wildman–Crippen LogP) is 2.46. The van der Waals surface area contributed by atoms with Crippen molar-refractivity contribution >= 4 is 5.91 Å². The molecule has 4 heterocycles. The molecule has 0 aliphatic carbocycles. The maximum atomic E-state index is 12.7. The van der Waals surface area contributed by atoms with Gasteiger partial charge in [0.15, 0.2) is 0 Å². The smallest absolute Gasteiger partial charge is 0.272 e. The van der Waals surface area contributed by atoms with Gasteiger partial charge in [0.2, 0.25) is 0 Å². The molecule has 0 radical (unpaired) electrons. The van der Waals surface area contributed by atoms with Gasteiger partial charge in [-0.15, -0.1) is 0 Å². The molecule has 136 valence electrons. The van der Waals surface area contributed by atoms with Gasteiger partial charge in [-0.25, -0.2) is 0 Å². The van der Waals surface area contributed by atoms with Crippen LogP contribution in [0.1, 0.15) is 35.4 Å². The summed E-state index contributed by atoms with van der Waals surface area (Å²) in [5, 5.41) is 0. The van der Waals surface area contributed by atoms with Crippen molar-refractivity contribution in [2.45, 2.75) is 37.6 Å². The Bertz CT molecular complexity index is 740. The number of nitrogens with zero attached hydrogens (tertiary/aromatic N) is 3. The zero-order valence-corrected chi connectivity index (χ0v) is 14.7. The number of carbonyl (C=O) groups is 1. The van der Waals surface area contributed by atoms with Crippen LogP contribution in [-0.4, -0.2) is 52.2 Å². The van der Waals surface area contributed by atoms with E-state index in [-0.39, 0.29) is 17.6 Å². The van der Waals surface area contributed by atoms with Crippen LogP contribution in [-0.2, 0) is 16.1 Å². The predicted molar refractivity (Wildman–Crippen MR) is 95.5 cm³/mol. The zero-order chi connectivity index (χ0) is 17.8. The van der Waals surface area contributed by atoms with E-state index in [1.165, 1.54) is 0 Å². The molecule has 2 aromatic heterocycles. The lowest BCUT2D eigenvalue weighted by molar-refractivity contribution is -0.0467. The Balaban J connectivity index is 1.36. The lowest BCUT2D eigenvalue weighted by atomic mass is 9.89. The number of carbonyl (C=O) groups excluding carboxylic acids is 1. The van der Waals surface area contributed by atoms with Crippen LogP contribution in [0.3, 0.4) is 0 Å². The number of likely N-dealkylation sites (tertiary alicyclic amines) is 1. The van der Waals surface area contributed by atoms with Gasteiger partial charge >= 0.3 is 0 Å². The molecule has 2 fully saturated rings. The second kappa shape index (κ2) is 7.51. The van der Waals surface area contributed by atoms with E-state index in [2.05, 4.69) is 9.97 Å². The number of aromatic nitrogens is 2. The SMILES string of the molecule is O=C(c1ccccn1)N1CCC[C@]2(C[C@H](OCc3ccccn3)CO2)C1. The highest BCUT2D eigenvalue weighted by molar-refractivity contribution is 5.92. The van der Waals surface area contributed by atoms with Crippen LogP contribution in [0.4, 0.5) is 0 Å². The van der Waals surface area contributed by atoms with E-state index in [0.717, 1.165) is 31.5 Å². The van der Waals surface area contributed by atoms with Gasteiger partial charge < -0.3 is 14.4 Å². The van der Waals surface area contributed by atoms with E-state index >= 15 is 0 Å². The molecule has 0 saturated carbocycles. The summed E-state index contributed by atoms with van der Waals surface area (Å²) in [5.74, 6) is -0.0221. The lowest BCUT2D eigenvalue weighted by Crippen LogP contribution is -2.50. The molecule has 0 unspecified atom stereocenters. The maximum Gasteiger partial charge on any atom is 0.272 e. The average molecular weight is 353 g/mol. The fourth-order valence-electron chi connectivity index (χ4n) is 3.80. The number of pyridine rings is 2. The lowest BCUT2D eigenvalue weighted by Gasteiger charge is -2.39. The largest absolute Gasteiger partial charge is 0.370 e. The first kappa shape index (κ1) is 17.1. The molecule has 0 bridgehead atoms. The summed E-state index contributed by atoms with van der Waals surface area (Å²) in [4.78, 5) is 23.0. The van der Waals surface area contributed by atoms with E-state index in [9.17, 15) is 4.79 Å². The fraction of sp³-hybridized carbons (Fsp3) is 0.450. The highest BCUT2D eigenvalue weighted by Gasteiger charge is 2.45. The number of rotatable bonds is 4. The monoisotopic (exact) mass is 353 g/mol. The van der Waals surface area contributed by atoms with Gasteiger partial charge in [-0.1, -0.05) is 12.1 Å². The third-order valence-electron chi connectivity index (χ3n) is 5.08. The molecular formula is C20H23N3O3. The van der Waals surface area contributed by atoms with Crippen LogP contribution in [0.15, 0.2) is 48.8 Å². The van der Waals surface area contributed by atoms with Crippen molar-refractivity contribution in [3.63, 3.8) is 0 Å². The van der Waals surface area contributed by atoms with Crippen LogP contribution in [0, 0.1) is 0 Å². The van der Waals surface area contributed by atoms with Gasteiger partial charge in [-0.3, -0.25) is 14.8 Å². The van der Waals surface area contributed by atoms with E-state index < -0.39 is 0 Å². The van der Waals surface area contributed by atoms with Gasteiger partial charge in [-0.05, 0) is 37.1 Å². The number of hydrogen-bond acceptors (Lipinski definition) is 5. The van der Waals surface area contributed by atoms with E-state index in [4.69, 9.17) is 9.47 Å². The average Bonchev–Trinajstić information content (AvgIpc) is 3.09. The molecule has 2 aliphatic rings. The Hall–Kier alpha value is -2.31. The van der Waals surface area contributed by atoms with Crippen molar-refractivity contribution in [3.8, 4) is 0 Å². The maximum absolute atomic E-state index is 12.7. The van der Waals surface area contributed by atoms with Crippen LogP contribution in [0.25, 0.3) is 0 Å². The van der Waals surface area contributed by atoms with Gasteiger partial charge in [0.05, 0.1) is 37.2 Å². The summed E-state index contributed by atoms with van der Waals surface area (Å²) in [6.45, 7) is 2.41. The summed E-state index contributed by atoms with van der Waals surface area (Å²) in [5.41, 5.74) is 1.12. The van der Waals surface area contributed by atoms with E-state index in [1.807, 2.05) is 35.2 Å². The Kier molecular flexibility index (Phi) is 4.95. The Morgan fingerprint density at radius 3 is 2.85 bits per heavy atom. The Morgan fingerprint density at radius 2 is 2.08 bits per heavy atom. The second-order valence-electron chi connectivity index (χ2n) is 7.00. The van der Waals surface area contributed by atoms with Crippen molar-refractivity contribution in [2.24, 2.45) is 0 Å². The molecule has 0 N–H and O–H groups in total. The topological polar surface area (TPSA) is 64.6 Å². The summed E-state index contributed by atoms with van der Waals surface area (Å²) in [6.07, 6.45) is 6.18. The normalized spacial score (nSPS) is 25.5. The molecule has 26 heavy (non-hydrogen) atoms. The minimum Gasteiger partial charge on any atom is -0.370 e. The first-order valence-electron chi connectivity index (χ1n) is 9.10. The summed E-state index contributed by atoms with van der Waals surface area (Å²) < 4.78 is 12.1. The van der Waals surface area contributed by atoms with Gasteiger partial charge in [0.1, 0.15) is 5.69 Å². The van der Waals surface area contributed by atoms with Crippen molar-refractivity contribution in [1.29, 1.82) is 0 Å². The molecule has 4 rings (SSSR count). The Morgan fingerprint density at radius 1 is 1.23 bits per heavy atom. The van der Waals surface area contributed by atoms with Crippen molar-refractivity contribution < 1.29 is 14.3 Å². The highest BCUT2D eigenvalue weighted by atomic mass is 16.6. The highest BCUT2D eigenvalue weighted by Crippen LogP contribution is 2.36. The van der Waals surface area contributed by atoms with Crippen LogP contribution < -0.4 is 0 Å². The number of ether oxygens (including phenoxy) is 2. The quantitative estimate of drug-likeness (QED) is 0.845. The molecule has 1 amide bonds. The minimum atomic E-state index is -0.294. The number of piperidine rings is 1. The molecule has 1 spiro atoms. The molecular weight excluding hydrogens is 330 g/mol. The van der Waals surface area contributed by atoms with Crippen molar-refractivity contribution in [2.75, 3.05) is 19.7 Å². The summed E-state index contributed by atoms with van der Waals surface area (Å²) in [6, 6.07) is 11.2. The Labute approximate surface area is 153 Å². The summed E-state index contributed by atoms with van der Waals surface area (Å²) in [7, 11) is 0.